The van der Waals surface area contributed by atoms with Crippen LogP contribution in [-0.2, 0) is 0 Å². The van der Waals surface area contributed by atoms with Gasteiger partial charge < -0.3 is 0 Å². The lowest BCUT2D eigenvalue weighted by molar-refractivity contribution is 1.48. The molecule has 0 aliphatic rings. The standard InChI is InChI=1S/C16H11BrS3/c1-10-2-4-12(5-3-10)15-14(16(18)20-19-15)11-6-8-13(17)9-7-11/h2-9H,1H3. The van der Waals surface area contributed by atoms with Gasteiger partial charge in [-0.3, -0.25) is 0 Å². The van der Waals surface area contributed by atoms with E-state index < -0.39 is 0 Å². The van der Waals surface area contributed by atoms with Crippen LogP contribution in [0.1, 0.15) is 5.56 Å². The minimum atomic E-state index is 0.966. The Bertz CT molecular complexity index is 780. The monoisotopic (exact) mass is 378 g/mol. The van der Waals surface area contributed by atoms with Crippen LogP contribution in [0.25, 0.3) is 21.6 Å². The molecular formula is C16H11BrS3. The molecule has 2 aromatic carbocycles. The SMILES string of the molecule is Cc1ccc(-c2ssc(=S)c2-c2ccc(Br)cc2)cc1. The number of aryl methyl sites for hydroxylation is 1. The molecule has 3 aromatic rings. The zero-order valence-corrected chi connectivity index (χ0v) is 14.8. The third-order valence-corrected chi connectivity index (χ3v) is 6.67. The number of halogens is 1. The van der Waals surface area contributed by atoms with Gasteiger partial charge in [0.05, 0.1) is 4.88 Å². The minimum absolute atomic E-state index is 0.966. The molecule has 0 aliphatic carbocycles. The van der Waals surface area contributed by atoms with E-state index >= 15 is 0 Å². The molecule has 0 radical (unpaired) electrons. The van der Waals surface area contributed by atoms with E-state index in [-0.39, 0.29) is 0 Å². The van der Waals surface area contributed by atoms with Gasteiger partial charge in [0.25, 0.3) is 0 Å². The van der Waals surface area contributed by atoms with E-state index in [0.717, 1.165) is 8.30 Å². The summed E-state index contributed by atoms with van der Waals surface area (Å²) in [7, 11) is 3.43. The van der Waals surface area contributed by atoms with E-state index in [1.807, 2.05) is 0 Å². The quantitative estimate of drug-likeness (QED) is 0.343. The van der Waals surface area contributed by atoms with Crippen molar-refractivity contribution in [3.8, 4) is 21.6 Å². The molecule has 4 heteroatoms. The number of rotatable bonds is 2. The molecule has 20 heavy (non-hydrogen) atoms. The normalized spacial score (nSPS) is 10.7. The molecule has 0 bridgehead atoms. The Morgan fingerprint density at radius 3 is 2.10 bits per heavy atom. The first-order valence-corrected chi connectivity index (χ1v) is 9.46. The molecule has 1 heterocycles. The Labute approximate surface area is 139 Å². The molecule has 0 N–H and O–H groups in total. The van der Waals surface area contributed by atoms with Crippen molar-refractivity contribution in [2.75, 3.05) is 0 Å². The smallest absolute Gasteiger partial charge is 0.0779 e. The average molecular weight is 379 g/mol. The second-order valence-corrected chi connectivity index (χ2v) is 8.26. The van der Waals surface area contributed by atoms with Crippen molar-refractivity contribution in [3.05, 3.63) is 62.4 Å². The van der Waals surface area contributed by atoms with Gasteiger partial charge in [-0.25, -0.2) is 0 Å². The molecule has 0 atom stereocenters. The molecule has 100 valence electrons. The summed E-state index contributed by atoms with van der Waals surface area (Å²) < 4.78 is 2.05. The van der Waals surface area contributed by atoms with Crippen molar-refractivity contribution in [1.82, 2.24) is 0 Å². The zero-order valence-electron chi connectivity index (χ0n) is 10.7. The Morgan fingerprint density at radius 1 is 0.850 bits per heavy atom. The molecule has 1 aromatic heterocycles. The lowest BCUT2D eigenvalue weighted by Gasteiger charge is -2.04. The number of hydrogen-bond acceptors (Lipinski definition) is 3. The van der Waals surface area contributed by atoms with Crippen LogP contribution in [-0.4, -0.2) is 0 Å². The molecular weight excluding hydrogens is 368 g/mol. The van der Waals surface area contributed by atoms with Gasteiger partial charge in [0.2, 0.25) is 0 Å². The highest BCUT2D eigenvalue weighted by molar-refractivity contribution is 9.10. The van der Waals surface area contributed by atoms with Gasteiger partial charge in [-0.15, -0.1) is 0 Å². The van der Waals surface area contributed by atoms with Crippen LogP contribution in [0, 0.1) is 10.7 Å². The maximum absolute atomic E-state index is 5.53. The highest BCUT2D eigenvalue weighted by Crippen LogP contribution is 2.41. The maximum Gasteiger partial charge on any atom is 0.110 e. The minimum Gasteiger partial charge on any atom is -0.0779 e. The molecule has 0 fully saturated rings. The van der Waals surface area contributed by atoms with E-state index in [4.69, 9.17) is 12.2 Å². The second kappa shape index (κ2) is 5.90. The first kappa shape index (κ1) is 14.1. The molecule has 0 amide bonds. The van der Waals surface area contributed by atoms with Gasteiger partial charge in [0, 0.05) is 10.0 Å². The molecule has 0 aliphatic heterocycles. The third kappa shape index (κ3) is 2.79. The van der Waals surface area contributed by atoms with Gasteiger partial charge in [0.15, 0.2) is 0 Å². The third-order valence-electron chi connectivity index (χ3n) is 3.08. The lowest BCUT2D eigenvalue weighted by Crippen LogP contribution is -1.81. The fraction of sp³-hybridized carbons (Fsp3) is 0.0625. The van der Waals surface area contributed by atoms with Crippen molar-refractivity contribution < 1.29 is 0 Å². The summed E-state index contributed by atoms with van der Waals surface area (Å²) in [4.78, 5) is 1.27. The summed E-state index contributed by atoms with van der Waals surface area (Å²) >= 11 is 9.01. The van der Waals surface area contributed by atoms with E-state index in [2.05, 4.69) is 71.4 Å². The summed E-state index contributed by atoms with van der Waals surface area (Å²) in [6.45, 7) is 2.11. The van der Waals surface area contributed by atoms with Crippen LogP contribution in [0.5, 0.6) is 0 Å². The average Bonchev–Trinajstić information content (AvgIpc) is 2.83. The second-order valence-electron chi connectivity index (χ2n) is 4.53. The van der Waals surface area contributed by atoms with Crippen molar-refractivity contribution in [1.29, 1.82) is 0 Å². The predicted molar refractivity (Wildman–Crippen MR) is 96.3 cm³/mol. The Kier molecular flexibility index (Phi) is 4.17. The van der Waals surface area contributed by atoms with Crippen LogP contribution < -0.4 is 0 Å². The number of benzene rings is 2. The Morgan fingerprint density at radius 2 is 1.45 bits per heavy atom. The molecule has 0 nitrogen and oxygen atoms in total. The van der Waals surface area contributed by atoms with Gasteiger partial charge >= 0.3 is 0 Å². The van der Waals surface area contributed by atoms with E-state index in [1.165, 1.54) is 27.1 Å². The van der Waals surface area contributed by atoms with Gasteiger partial charge in [-0.05, 0) is 30.2 Å². The lowest BCUT2D eigenvalue weighted by atomic mass is 10.0. The Balaban J connectivity index is 2.17. The zero-order chi connectivity index (χ0) is 14.1. The predicted octanol–water partition coefficient (Wildman–Crippen LogP) is 6.94. The van der Waals surface area contributed by atoms with Crippen LogP contribution in [0.4, 0.5) is 0 Å². The van der Waals surface area contributed by atoms with Crippen LogP contribution in [0.15, 0.2) is 53.0 Å². The van der Waals surface area contributed by atoms with Crippen LogP contribution in [0.2, 0.25) is 0 Å². The maximum atomic E-state index is 5.53. The molecule has 3 rings (SSSR count). The van der Waals surface area contributed by atoms with Gasteiger partial charge in [-0.2, -0.15) is 0 Å². The summed E-state index contributed by atoms with van der Waals surface area (Å²) in [6, 6.07) is 17.0. The molecule has 0 saturated carbocycles. The summed E-state index contributed by atoms with van der Waals surface area (Å²) in [6.07, 6.45) is 0. The first-order valence-electron chi connectivity index (χ1n) is 6.11. The van der Waals surface area contributed by atoms with Crippen molar-refractivity contribution in [2.45, 2.75) is 6.92 Å². The number of hydrogen-bond donors (Lipinski definition) is 0. The highest BCUT2D eigenvalue weighted by atomic mass is 79.9. The van der Waals surface area contributed by atoms with Crippen molar-refractivity contribution in [3.63, 3.8) is 0 Å². The summed E-state index contributed by atoms with van der Waals surface area (Å²) in [5, 5.41) is 0. The van der Waals surface area contributed by atoms with E-state index in [1.54, 1.807) is 20.7 Å². The summed E-state index contributed by atoms with van der Waals surface area (Å²) in [5.74, 6) is 0. The Hall–Kier alpha value is -0.810. The first-order chi connectivity index (χ1) is 9.65. The largest absolute Gasteiger partial charge is 0.110 e. The van der Waals surface area contributed by atoms with Crippen LogP contribution >= 0.6 is 48.8 Å². The van der Waals surface area contributed by atoms with Crippen molar-refractivity contribution >= 4 is 48.8 Å². The topological polar surface area (TPSA) is 0 Å². The fourth-order valence-corrected chi connectivity index (χ4v) is 5.20. The van der Waals surface area contributed by atoms with E-state index in [0.29, 0.717) is 0 Å². The van der Waals surface area contributed by atoms with Crippen LogP contribution in [0.3, 0.4) is 0 Å². The molecule has 0 saturated heterocycles. The highest BCUT2D eigenvalue weighted by Gasteiger charge is 2.12. The summed E-state index contributed by atoms with van der Waals surface area (Å²) in [5.41, 5.74) is 4.89. The van der Waals surface area contributed by atoms with Crippen molar-refractivity contribution in [2.24, 2.45) is 0 Å². The molecule has 0 unspecified atom stereocenters. The van der Waals surface area contributed by atoms with E-state index in [9.17, 15) is 0 Å². The molecule has 0 spiro atoms. The van der Waals surface area contributed by atoms with Gasteiger partial charge in [0.1, 0.15) is 3.82 Å². The van der Waals surface area contributed by atoms with Gasteiger partial charge in [-0.1, -0.05) is 90.8 Å². The fourth-order valence-electron chi connectivity index (χ4n) is 2.02.